The summed E-state index contributed by atoms with van der Waals surface area (Å²) in [4.78, 5) is 11.8. The van der Waals surface area contributed by atoms with Gasteiger partial charge in [-0.25, -0.2) is 0 Å². The van der Waals surface area contributed by atoms with Gasteiger partial charge in [0.25, 0.3) is 0 Å². The molecule has 0 saturated heterocycles. The Morgan fingerprint density at radius 3 is 2.33 bits per heavy atom. The van der Waals surface area contributed by atoms with Crippen LogP contribution in [0.3, 0.4) is 0 Å². The lowest BCUT2D eigenvalue weighted by Gasteiger charge is -2.32. The summed E-state index contributed by atoms with van der Waals surface area (Å²) >= 11 is 0. The Bertz CT molecular complexity index is 172. The molecule has 1 aliphatic rings. The van der Waals surface area contributed by atoms with Crippen LogP contribution in [0.15, 0.2) is 0 Å². The summed E-state index contributed by atoms with van der Waals surface area (Å²) in [5.74, 6) is 2.28. The highest BCUT2D eigenvalue weighted by molar-refractivity contribution is 5.84. The highest BCUT2D eigenvalue weighted by atomic mass is 16.1. The predicted molar refractivity (Wildman–Crippen MR) is 50.9 cm³/mol. The molecule has 0 unspecified atom stereocenters. The van der Waals surface area contributed by atoms with Gasteiger partial charge >= 0.3 is 0 Å². The van der Waals surface area contributed by atoms with Crippen LogP contribution in [-0.4, -0.2) is 5.78 Å². The Kier molecular flexibility index (Phi) is 2.92. The summed E-state index contributed by atoms with van der Waals surface area (Å²) in [6.45, 7) is 8.59. The highest BCUT2D eigenvalue weighted by Crippen LogP contribution is 2.33. The highest BCUT2D eigenvalue weighted by Gasteiger charge is 2.34. The van der Waals surface area contributed by atoms with Crippen LogP contribution < -0.4 is 0 Å². The van der Waals surface area contributed by atoms with Gasteiger partial charge in [0, 0.05) is 11.8 Å². The molecule has 0 bridgehead atoms. The molecule has 0 aromatic carbocycles. The largest absolute Gasteiger partial charge is 0.299 e. The molecule has 0 heterocycles. The summed E-state index contributed by atoms with van der Waals surface area (Å²) in [7, 11) is 0. The van der Waals surface area contributed by atoms with Crippen LogP contribution in [0.25, 0.3) is 0 Å². The van der Waals surface area contributed by atoms with Crippen LogP contribution in [0.1, 0.15) is 40.5 Å². The molecule has 0 radical (unpaired) electrons. The second-order valence-corrected chi connectivity index (χ2v) is 4.60. The van der Waals surface area contributed by atoms with Gasteiger partial charge < -0.3 is 0 Å². The Hall–Kier alpha value is -0.330. The molecule has 0 aliphatic heterocycles. The van der Waals surface area contributed by atoms with Crippen LogP contribution in [0.5, 0.6) is 0 Å². The fourth-order valence-electron chi connectivity index (χ4n) is 2.11. The van der Waals surface area contributed by atoms with Crippen molar-refractivity contribution in [2.75, 3.05) is 0 Å². The summed E-state index contributed by atoms with van der Waals surface area (Å²) < 4.78 is 0. The van der Waals surface area contributed by atoms with E-state index in [-0.39, 0.29) is 0 Å². The van der Waals surface area contributed by atoms with Gasteiger partial charge in [0.1, 0.15) is 5.78 Å². The molecule has 0 amide bonds. The molecule has 1 fully saturated rings. The lowest BCUT2D eigenvalue weighted by molar-refractivity contribution is -0.132. The molecule has 0 aromatic heterocycles. The average Bonchev–Trinajstić information content (AvgIpc) is 2.00. The number of hydrogen-bond donors (Lipinski definition) is 0. The summed E-state index contributed by atoms with van der Waals surface area (Å²) in [6.07, 6.45) is 2.34. The Labute approximate surface area is 75.5 Å². The normalized spacial score (nSPS) is 37.4. The molecule has 1 rings (SSSR count). The first kappa shape index (κ1) is 9.76. The van der Waals surface area contributed by atoms with E-state index >= 15 is 0 Å². The predicted octanol–water partition coefficient (Wildman–Crippen LogP) is 2.89. The standard InChI is InChI=1S/C11H20O/c1-7(2)10-6-5-8(3)9(4)11(10)12/h7-10H,5-6H2,1-4H3/t8-,9+,10+/m1/s1. The number of Topliss-reactive ketones (excluding diaryl/α,β-unsaturated/α-hetero) is 1. The van der Waals surface area contributed by atoms with Gasteiger partial charge in [-0.15, -0.1) is 0 Å². The fourth-order valence-corrected chi connectivity index (χ4v) is 2.11. The Morgan fingerprint density at radius 1 is 1.25 bits per heavy atom. The van der Waals surface area contributed by atoms with Gasteiger partial charge in [0.05, 0.1) is 0 Å². The van der Waals surface area contributed by atoms with Gasteiger partial charge in [-0.1, -0.05) is 27.7 Å². The Morgan fingerprint density at radius 2 is 1.83 bits per heavy atom. The summed E-state index contributed by atoms with van der Waals surface area (Å²) in [5.41, 5.74) is 0. The average molecular weight is 168 g/mol. The van der Waals surface area contributed by atoms with Crippen molar-refractivity contribution in [1.29, 1.82) is 0 Å². The SMILES string of the molecule is CC(C)[C@@H]1CC[C@@H](C)[C@H](C)C1=O. The van der Waals surface area contributed by atoms with Crippen LogP contribution >= 0.6 is 0 Å². The maximum Gasteiger partial charge on any atom is 0.139 e. The molecular formula is C11H20O. The van der Waals surface area contributed by atoms with E-state index in [9.17, 15) is 4.79 Å². The molecule has 70 valence electrons. The molecule has 1 saturated carbocycles. The minimum Gasteiger partial charge on any atom is -0.299 e. The van der Waals surface area contributed by atoms with E-state index in [4.69, 9.17) is 0 Å². The first-order valence-electron chi connectivity index (χ1n) is 5.07. The zero-order chi connectivity index (χ0) is 9.30. The van der Waals surface area contributed by atoms with Crippen molar-refractivity contribution in [2.45, 2.75) is 40.5 Å². The summed E-state index contributed by atoms with van der Waals surface area (Å²) in [5, 5.41) is 0. The van der Waals surface area contributed by atoms with Gasteiger partial charge in [-0.3, -0.25) is 4.79 Å². The van der Waals surface area contributed by atoms with Crippen LogP contribution in [-0.2, 0) is 4.79 Å². The van der Waals surface area contributed by atoms with Crippen LogP contribution in [0.4, 0.5) is 0 Å². The number of hydrogen-bond acceptors (Lipinski definition) is 1. The second-order valence-electron chi connectivity index (χ2n) is 4.60. The zero-order valence-electron chi connectivity index (χ0n) is 8.63. The zero-order valence-corrected chi connectivity index (χ0v) is 8.63. The molecule has 1 aliphatic carbocycles. The smallest absolute Gasteiger partial charge is 0.139 e. The molecule has 0 N–H and O–H groups in total. The third-order valence-corrected chi connectivity index (χ3v) is 3.41. The van der Waals surface area contributed by atoms with E-state index in [2.05, 4.69) is 27.7 Å². The third-order valence-electron chi connectivity index (χ3n) is 3.41. The topological polar surface area (TPSA) is 17.1 Å². The second kappa shape index (κ2) is 3.59. The molecular weight excluding hydrogens is 148 g/mol. The number of rotatable bonds is 1. The van der Waals surface area contributed by atoms with Crippen LogP contribution in [0.2, 0.25) is 0 Å². The maximum atomic E-state index is 11.8. The van der Waals surface area contributed by atoms with Gasteiger partial charge in [0.15, 0.2) is 0 Å². The van der Waals surface area contributed by atoms with E-state index in [0.29, 0.717) is 29.5 Å². The molecule has 3 atom stereocenters. The molecule has 0 aromatic rings. The lowest BCUT2D eigenvalue weighted by Crippen LogP contribution is -2.34. The third kappa shape index (κ3) is 1.70. The minimum absolute atomic E-state index is 0.297. The van der Waals surface area contributed by atoms with Crippen molar-refractivity contribution in [3.05, 3.63) is 0 Å². The van der Waals surface area contributed by atoms with Crippen molar-refractivity contribution in [2.24, 2.45) is 23.7 Å². The van der Waals surface area contributed by atoms with E-state index in [1.54, 1.807) is 0 Å². The van der Waals surface area contributed by atoms with Crippen molar-refractivity contribution < 1.29 is 4.79 Å². The summed E-state index contributed by atoms with van der Waals surface area (Å²) in [6, 6.07) is 0. The first-order valence-corrected chi connectivity index (χ1v) is 5.07. The lowest BCUT2D eigenvalue weighted by atomic mass is 9.71. The van der Waals surface area contributed by atoms with E-state index in [1.807, 2.05) is 0 Å². The van der Waals surface area contributed by atoms with Gasteiger partial charge in [-0.05, 0) is 24.7 Å². The van der Waals surface area contributed by atoms with E-state index < -0.39 is 0 Å². The first-order chi connectivity index (χ1) is 5.54. The van der Waals surface area contributed by atoms with Crippen LogP contribution in [0, 0.1) is 23.7 Å². The van der Waals surface area contributed by atoms with Crippen molar-refractivity contribution >= 4 is 5.78 Å². The Balaban J connectivity index is 2.65. The van der Waals surface area contributed by atoms with Crippen molar-refractivity contribution in [1.82, 2.24) is 0 Å². The molecule has 1 nitrogen and oxygen atoms in total. The van der Waals surface area contributed by atoms with Crippen molar-refractivity contribution in [3.8, 4) is 0 Å². The van der Waals surface area contributed by atoms with Gasteiger partial charge in [0.2, 0.25) is 0 Å². The molecule has 0 spiro atoms. The number of carbonyl (C=O) groups is 1. The van der Waals surface area contributed by atoms with Gasteiger partial charge in [-0.2, -0.15) is 0 Å². The monoisotopic (exact) mass is 168 g/mol. The van der Waals surface area contributed by atoms with Crippen molar-refractivity contribution in [3.63, 3.8) is 0 Å². The minimum atomic E-state index is 0.297. The quantitative estimate of drug-likeness (QED) is 0.588. The van der Waals surface area contributed by atoms with E-state index in [1.165, 1.54) is 6.42 Å². The number of carbonyl (C=O) groups excluding carboxylic acids is 1. The number of ketones is 1. The molecule has 1 heteroatoms. The van der Waals surface area contributed by atoms with E-state index in [0.717, 1.165) is 6.42 Å². The maximum absolute atomic E-state index is 11.8. The fraction of sp³-hybridized carbons (Fsp3) is 0.909. The molecule has 12 heavy (non-hydrogen) atoms.